The Morgan fingerprint density at radius 2 is 1.78 bits per heavy atom. The Morgan fingerprint density at radius 1 is 1.03 bits per heavy atom. The van der Waals surface area contributed by atoms with Crippen molar-refractivity contribution in [3.05, 3.63) is 83.2 Å². The molecule has 3 aromatic carbocycles. The van der Waals surface area contributed by atoms with Crippen LogP contribution in [-0.4, -0.2) is 34.8 Å². The van der Waals surface area contributed by atoms with Gasteiger partial charge in [-0.3, -0.25) is 9.59 Å². The predicted molar refractivity (Wildman–Crippen MR) is 140 cm³/mol. The molecule has 0 spiro atoms. The second-order valence-electron chi connectivity index (χ2n) is 8.30. The number of thiazole rings is 1. The number of fused-ring (bicyclic) bond motifs is 3. The highest BCUT2D eigenvalue weighted by molar-refractivity contribution is 7.16. The number of nitrogens with zero attached hydrogens (tertiary/aromatic N) is 3. The first-order valence-corrected chi connectivity index (χ1v) is 12.6. The highest BCUT2D eigenvalue weighted by Crippen LogP contribution is 2.37. The maximum Gasteiger partial charge on any atom is 0.326 e. The first-order valence-electron chi connectivity index (χ1n) is 11.7. The van der Waals surface area contributed by atoms with Crippen molar-refractivity contribution in [2.45, 2.75) is 13.5 Å². The Labute approximate surface area is 215 Å². The summed E-state index contributed by atoms with van der Waals surface area (Å²) in [6, 6.07) is 22.6. The molecule has 0 saturated heterocycles. The molecule has 0 bridgehead atoms. The van der Waals surface area contributed by atoms with Crippen LogP contribution < -0.4 is 14.3 Å². The Kier molecular flexibility index (Phi) is 5.90. The molecule has 0 aliphatic carbocycles. The summed E-state index contributed by atoms with van der Waals surface area (Å²) in [7, 11) is 0. The lowest BCUT2D eigenvalue weighted by Gasteiger charge is -2.08. The van der Waals surface area contributed by atoms with E-state index in [-0.39, 0.29) is 19.9 Å². The van der Waals surface area contributed by atoms with Gasteiger partial charge in [0.1, 0.15) is 6.54 Å². The second kappa shape index (κ2) is 9.51. The Balaban J connectivity index is 1.52. The molecule has 6 rings (SSSR count). The minimum Gasteiger partial charge on any atom is -0.465 e. The maximum absolute atomic E-state index is 13.7. The van der Waals surface area contributed by atoms with Crippen molar-refractivity contribution in [1.82, 2.24) is 9.55 Å². The van der Waals surface area contributed by atoms with Gasteiger partial charge in [-0.25, -0.2) is 4.98 Å². The van der Waals surface area contributed by atoms with Crippen LogP contribution in [0.4, 0.5) is 0 Å². The van der Waals surface area contributed by atoms with Crippen molar-refractivity contribution in [2.24, 2.45) is 4.99 Å². The molecule has 5 aromatic rings. The summed E-state index contributed by atoms with van der Waals surface area (Å²) in [5.41, 5.74) is 3.41. The molecule has 3 heterocycles. The second-order valence-corrected chi connectivity index (χ2v) is 9.31. The van der Waals surface area contributed by atoms with Gasteiger partial charge in [0.25, 0.3) is 5.91 Å². The highest BCUT2D eigenvalue weighted by Gasteiger charge is 2.20. The van der Waals surface area contributed by atoms with Crippen LogP contribution in [0.3, 0.4) is 0 Å². The third kappa shape index (κ3) is 4.34. The smallest absolute Gasteiger partial charge is 0.326 e. The van der Waals surface area contributed by atoms with E-state index in [0.717, 1.165) is 10.3 Å². The van der Waals surface area contributed by atoms with Gasteiger partial charge in [-0.1, -0.05) is 59.9 Å². The highest BCUT2D eigenvalue weighted by atomic mass is 32.1. The lowest BCUT2D eigenvalue weighted by Crippen LogP contribution is -2.23. The summed E-state index contributed by atoms with van der Waals surface area (Å²) in [5, 5.41) is 0.703. The SMILES string of the molecule is CCOC(=O)Cn1c(=NC(=O)c2cc(-c3ccccc3)nc3ccccc23)sc2cc3c(cc21)OCO3. The van der Waals surface area contributed by atoms with E-state index in [1.54, 1.807) is 23.6 Å². The number of hydrogen-bond acceptors (Lipinski definition) is 7. The summed E-state index contributed by atoms with van der Waals surface area (Å²) in [5.74, 6) is 0.338. The van der Waals surface area contributed by atoms with Crippen LogP contribution in [0.2, 0.25) is 0 Å². The third-order valence-corrected chi connectivity index (χ3v) is 7.02. The van der Waals surface area contributed by atoms with Crippen LogP contribution in [-0.2, 0) is 16.1 Å². The standard InChI is InChI=1S/C28H21N3O5S/c1-2-34-26(32)15-31-22-13-23-24(36-16-35-23)14-25(22)37-28(31)30-27(33)19-12-21(17-8-4-3-5-9-17)29-20-11-7-6-10-18(19)20/h3-14H,2,15-16H2,1H3. The molecule has 1 amide bonds. The topological polar surface area (TPSA) is 92.0 Å². The number of amides is 1. The number of esters is 1. The van der Waals surface area contributed by atoms with Gasteiger partial charge >= 0.3 is 5.97 Å². The van der Waals surface area contributed by atoms with Gasteiger partial charge in [0, 0.05) is 23.1 Å². The van der Waals surface area contributed by atoms with Crippen molar-refractivity contribution >= 4 is 44.3 Å². The van der Waals surface area contributed by atoms with Gasteiger partial charge in [-0.15, -0.1) is 0 Å². The molecule has 1 aliphatic rings. The van der Waals surface area contributed by atoms with Crippen molar-refractivity contribution in [3.8, 4) is 22.8 Å². The minimum absolute atomic E-state index is 0.0913. The number of rotatable bonds is 5. The molecule has 184 valence electrons. The van der Waals surface area contributed by atoms with Gasteiger partial charge in [0.2, 0.25) is 6.79 Å². The molecular formula is C28H21N3O5S. The quantitative estimate of drug-likeness (QED) is 0.310. The summed E-state index contributed by atoms with van der Waals surface area (Å²) >= 11 is 1.30. The van der Waals surface area contributed by atoms with Crippen LogP contribution in [0.1, 0.15) is 17.3 Å². The van der Waals surface area contributed by atoms with Crippen molar-refractivity contribution < 1.29 is 23.8 Å². The van der Waals surface area contributed by atoms with E-state index in [9.17, 15) is 9.59 Å². The Morgan fingerprint density at radius 3 is 2.59 bits per heavy atom. The number of carbonyl (C=O) groups excluding carboxylic acids is 2. The maximum atomic E-state index is 13.7. The van der Waals surface area contributed by atoms with Crippen molar-refractivity contribution in [3.63, 3.8) is 0 Å². The van der Waals surface area contributed by atoms with E-state index in [2.05, 4.69) is 4.99 Å². The number of hydrogen-bond donors (Lipinski definition) is 0. The van der Waals surface area contributed by atoms with E-state index >= 15 is 0 Å². The van der Waals surface area contributed by atoms with Crippen LogP contribution >= 0.6 is 11.3 Å². The molecule has 0 unspecified atom stereocenters. The molecule has 0 saturated carbocycles. The van der Waals surface area contributed by atoms with Gasteiger partial charge in [-0.2, -0.15) is 4.99 Å². The van der Waals surface area contributed by atoms with Crippen molar-refractivity contribution in [2.75, 3.05) is 13.4 Å². The minimum atomic E-state index is -0.431. The fourth-order valence-corrected chi connectivity index (χ4v) is 5.33. The zero-order valence-electron chi connectivity index (χ0n) is 19.8. The largest absolute Gasteiger partial charge is 0.465 e. The summed E-state index contributed by atoms with van der Waals surface area (Å²) < 4.78 is 18.7. The monoisotopic (exact) mass is 511 g/mol. The number of benzene rings is 3. The van der Waals surface area contributed by atoms with Gasteiger partial charge in [0.05, 0.1) is 33.6 Å². The summed E-state index contributed by atoms with van der Waals surface area (Å²) in [6.45, 7) is 2.05. The van der Waals surface area contributed by atoms with Gasteiger partial charge in [0.15, 0.2) is 16.3 Å². The van der Waals surface area contributed by atoms with E-state index in [0.29, 0.717) is 44.0 Å². The molecule has 9 heteroatoms. The van der Waals surface area contributed by atoms with Crippen LogP contribution in [0.15, 0.2) is 77.8 Å². The summed E-state index contributed by atoms with van der Waals surface area (Å²) in [6.07, 6.45) is 0. The first kappa shape index (κ1) is 22.9. The van der Waals surface area contributed by atoms with Crippen LogP contribution in [0.5, 0.6) is 11.5 Å². The number of para-hydroxylation sites is 1. The fraction of sp³-hybridized carbons (Fsp3) is 0.143. The first-order chi connectivity index (χ1) is 18.1. The molecule has 0 radical (unpaired) electrons. The van der Waals surface area contributed by atoms with Gasteiger partial charge in [-0.05, 0) is 19.1 Å². The number of carbonyl (C=O) groups is 2. The van der Waals surface area contributed by atoms with E-state index in [1.165, 1.54) is 11.3 Å². The lowest BCUT2D eigenvalue weighted by atomic mass is 10.0. The zero-order chi connectivity index (χ0) is 25.4. The number of aromatic nitrogens is 2. The fourth-order valence-electron chi connectivity index (χ4n) is 4.29. The predicted octanol–water partition coefficient (Wildman–Crippen LogP) is 4.95. The van der Waals surface area contributed by atoms with E-state index in [1.807, 2.05) is 60.7 Å². The molecule has 1 aliphatic heterocycles. The molecule has 37 heavy (non-hydrogen) atoms. The van der Waals surface area contributed by atoms with Crippen molar-refractivity contribution in [1.29, 1.82) is 0 Å². The molecule has 0 fully saturated rings. The summed E-state index contributed by atoms with van der Waals surface area (Å²) in [4.78, 5) is 35.8. The van der Waals surface area contributed by atoms with Crippen LogP contribution in [0, 0.1) is 0 Å². The average molecular weight is 512 g/mol. The molecule has 8 nitrogen and oxygen atoms in total. The van der Waals surface area contributed by atoms with E-state index in [4.69, 9.17) is 19.2 Å². The lowest BCUT2D eigenvalue weighted by molar-refractivity contribution is -0.143. The molecule has 0 atom stereocenters. The number of ether oxygens (including phenoxy) is 3. The average Bonchev–Trinajstić information content (AvgIpc) is 3.51. The van der Waals surface area contributed by atoms with Crippen LogP contribution in [0.25, 0.3) is 32.4 Å². The Hall–Kier alpha value is -4.50. The normalized spacial score (nSPS) is 12.8. The third-order valence-electron chi connectivity index (χ3n) is 5.98. The molecular weight excluding hydrogens is 490 g/mol. The Bertz CT molecular complexity index is 1740. The molecule has 0 N–H and O–H groups in total. The van der Waals surface area contributed by atoms with Gasteiger partial charge < -0.3 is 18.8 Å². The van der Waals surface area contributed by atoms with E-state index < -0.39 is 11.9 Å². The molecule has 2 aromatic heterocycles. The number of pyridine rings is 1. The zero-order valence-corrected chi connectivity index (χ0v) is 20.7.